The van der Waals surface area contributed by atoms with Crippen LogP contribution in [0.2, 0.25) is 0 Å². The molecule has 3 heteroatoms. The summed E-state index contributed by atoms with van der Waals surface area (Å²) in [6.45, 7) is 8.77. The van der Waals surface area contributed by atoms with Crippen LogP contribution < -0.4 is 11.3 Å². The highest BCUT2D eigenvalue weighted by molar-refractivity contribution is 5.28. The number of methoxy groups -OCH3 is 1. The van der Waals surface area contributed by atoms with Crippen molar-refractivity contribution in [3.63, 3.8) is 0 Å². The van der Waals surface area contributed by atoms with E-state index in [0.717, 1.165) is 19.3 Å². The average Bonchev–Trinajstić information content (AvgIpc) is 2.44. The van der Waals surface area contributed by atoms with Gasteiger partial charge >= 0.3 is 0 Å². The van der Waals surface area contributed by atoms with Crippen molar-refractivity contribution in [1.29, 1.82) is 0 Å². The van der Waals surface area contributed by atoms with Gasteiger partial charge in [0.05, 0.1) is 11.6 Å². The minimum Gasteiger partial charge on any atom is -0.376 e. The predicted octanol–water partition coefficient (Wildman–Crippen LogP) is 3.59. The first-order chi connectivity index (χ1) is 9.52. The van der Waals surface area contributed by atoms with Crippen molar-refractivity contribution in [2.75, 3.05) is 7.11 Å². The fourth-order valence-electron chi connectivity index (χ4n) is 2.99. The second-order valence-corrected chi connectivity index (χ2v) is 5.92. The van der Waals surface area contributed by atoms with Crippen molar-refractivity contribution >= 4 is 0 Å². The Morgan fingerprint density at radius 1 is 1.25 bits per heavy atom. The summed E-state index contributed by atoms with van der Waals surface area (Å²) in [5, 5.41) is 0. The molecule has 0 aliphatic carbocycles. The number of hydrogen-bond donors (Lipinski definition) is 2. The quantitative estimate of drug-likeness (QED) is 0.564. The van der Waals surface area contributed by atoms with Crippen LogP contribution in [0.4, 0.5) is 0 Å². The molecule has 0 heterocycles. The van der Waals surface area contributed by atoms with Gasteiger partial charge in [-0.1, -0.05) is 52.0 Å². The fraction of sp³-hybridized carbons (Fsp3) is 0.647. The third-order valence-corrected chi connectivity index (χ3v) is 4.22. The van der Waals surface area contributed by atoms with Crippen LogP contribution in [0.1, 0.15) is 57.7 Å². The third kappa shape index (κ3) is 3.81. The molecular weight excluding hydrogens is 248 g/mol. The maximum Gasteiger partial charge on any atom is 0.0880 e. The predicted molar refractivity (Wildman–Crippen MR) is 85.4 cm³/mol. The Balaban J connectivity index is 3.11. The van der Waals surface area contributed by atoms with Crippen LogP contribution in [0.15, 0.2) is 24.3 Å². The van der Waals surface area contributed by atoms with Gasteiger partial charge in [0.15, 0.2) is 0 Å². The van der Waals surface area contributed by atoms with Gasteiger partial charge in [0.1, 0.15) is 0 Å². The molecule has 0 saturated carbocycles. The molecule has 3 N–H and O–H groups in total. The van der Waals surface area contributed by atoms with Crippen LogP contribution in [-0.2, 0) is 11.2 Å². The van der Waals surface area contributed by atoms with Crippen molar-refractivity contribution in [2.24, 2.45) is 11.8 Å². The highest BCUT2D eigenvalue weighted by Crippen LogP contribution is 2.34. The minimum absolute atomic E-state index is 0.00890. The van der Waals surface area contributed by atoms with Crippen molar-refractivity contribution < 1.29 is 4.74 Å². The zero-order chi connectivity index (χ0) is 15.2. The largest absolute Gasteiger partial charge is 0.376 e. The Morgan fingerprint density at radius 2 is 1.90 bits per heavy atom. The van der Waals surface area contributed by atoms with Crippen LogP contribution in [0, 0.1) is 5.92 Å². The normalized spacial score (nSPS) is 13.8. The monoisotopic (exact) mass is 278 g/mol. The topological polar surface area (TPSA) is 47.3 Å². The zero-order valence-electron chi connectivity index (χ0n) is 13.6. The first-order valence-electron chi connectivity index (χ1n) is 7.63. The lowest BCUT2D eigenvalue weighted by Crippen LogP contribution is -2.47. The summed E-state index contributed by atoms with van der Waals surface area (Å²) in [6.07, 6.45) is 2.93. The molecule has 0 aliphatic rings. The van der Waals surface area contributed by atoms with Crippen LogP contribution in [0.3, 0.4) is 0 Å². The summed E-state index contributed by atoms with van der Waals surface area (Å²) < 4.78 is 5.82. The van der Waals surface area contributed by atoms with E-state index in [2.05, 4.69) is 57.4 Å². The Kier molecular flexibility index (Phi) is 6.66. The Bertz CT molecular complexity index is 391. The number of rotatable bonds is 8. The first-order valence-corrected chi connectivity index (χ1v) is 7.63. The van der Waals surface area contributed by atoms with Gasteiger partial charge in [-0.15, -0.1) is 0 Å². The van der Waals surface area contributed by atoms with Crippen molar-refractivity contribution in [3.8, 4) is 0 Å². The molecule has 0 radical (unpaired) electrons. The van der Waals surface area contributed by atoms with E-state index in [-0.39, 0.29) is 11.6 Å². The molecule has 0 spiro atoms. The number of hydrogen-bond acceptors (Lipinski definition) is 3. The van der Waals surface area contributed by atoms with Gasteiger partial charge in [-0.25, -0.2) is 0 Å². The molecule has 1 aromatic carbocycles. The molecule has 1 aromatic rings. The molecule has 3 nitrogen and oxygen atoms in total. The molecule has 1 rings (SSSR count). The van der Waals surface area contributed by atoms with Crippen molar-refractivity contribution in [2.45, 2.75) is 58.6 Å². The summed E-state index contributed by atoms with van der Waals surface area (Å²) >= 11 is 0. The molecule has 114 valence electrons. The smallest absolute Gasteiger partial charge is 0.0880 e. The van der Waals surface area contributed by atoms with Crippen molar-refractivity contribution in [3.05, 3.63) is 35.4 Å². The molecular formula is C17H30N2O. The van der Waals surface area contributed by atoms with Crippen LogP contribution in [0.5, 0.6) is 0 Å². The summed E-state index contributed by atoms with van der Waals surface area (Å²) in [7, 11) is 1.77. The third-order valence-electron chi connectivity index (χ3n) is 4.22. The molecule has 0 amide bonds. The van der Waals surface area contributed by atoms with E-state index in [9.17, 15) is 0 Å². The van der Waals surface area contributed by atoms with Crippen LogP contribution in [0.25, 0.3) is 0 Å². The van der Waals surface area contributed by atoms with E-state index in [1.54, 1.807) is 7.11 Å². The standard InChI is InChI=1S/C17H30N2O/c1-6-17(7-2,20-5)16(19-18)15-10-8-9-14(12-15)11-13(3)4/h8-10,12-13,16,19H,6-7,11,18H2,1-5H3. The summed E-state index contributed by atoms with van der Waals surface area (Å²) in [6, 6.07) is 8.69. The fourth-order valence-corrected chi connectivity index (χ4v) is 2.99. The highest BCUT2D eigenvalue weighted by atomic mass is 16.5. The molecule has 0 bridgehead atoms. The van der Waals surface area contributed by atoms with Crippen LogP contribution in [-0.4, -0.2) is 12.7 Å². The number of benzene rings is 1. The highest BCUT2D eigenvalue weighted by Gasteiger charge is 2.36. The average molecular weight is 278 g/mol. The lowest BCUT2D eigenvalue weighted by molar-refractivity contribution is -0.0486. The Labute approximate surface area is 123 Å². The van der Waals surface area contributed by atoms with Gasteiger partial charge in [-0.3, -0.25) is 11.3 Å². The number of nitrogens with one attached hydrogen (secondary N) is 1. The number of nitrogens with two attached hydrogens (primary N) is 1. The van der Waals surface area contributed by atoms with Gasteiger partial charge in [-0.2, -0.15) is 0 Å². The van der Waals surface area contributed by atoms with Gasteiger partial charge in [0.2, 0.25) is 0 Å². The zero-order valence-corrected chi connectivity index (χ0v) is 13.6. The summed E-state index contributed by atoms with van der Waals surface area (Å²) in [5.41, 5.74) is 5.27. The molecule has 20 heavy (non-hydrogen) atoms. The second-order valence-electron chi connectivity index (χ2n) is 5.92. The van der Waals surface area contributed by atoms with Gasteiger partial charge in [-0.05, 0) is 36.3 Å². The second kappa shape index (κ2) is 7.77. The lowest BCUT2D eigenvalue weighted by atomic mass is 9.83. The van der Waals surface area contributed by atoms with Gasteiger partial charge in [0, 0.05) is 7.11 Å². The molecule has 0 fully saturated rings. The number of hydrazine groups is 1. The minimum atomic E-state index is -0.259. The molecule has 0 saturated heterocycles. The van der Waals surface area contributed by atoms with E-state index in [1.807, 2.05) is 0 Å². The SMILES string of the molecule is CCC(CC)(OC)C(NN)c1cccc(CC(C)C)c1. The lowest BCUT2D eigenvalue weighted by Gasteiger charge is -2.38. The summed E-state index contributed by atoms with van der Waals surface area (Å²) in [5.74, 6) is 6.49. The molecule has 1 unspecified atom stereocenters. The Hall–Kier alpha value is -0.900. The van der Waals surface area contributed by atoms with E-state index < -0.39 is 0 Å². The maximum absolute atomic E-state index is 5.84. The molecule has 0 aliphatic heterocycles. The first kappa shape index (κ1) is 17.2. The van der Waals surface area contributed by atoms with Crippen molar-refractivity contribution in [1.82, 2.24) is 5.43 Å². The van der Waals surface area contributed by atoms with E-state index in [1.165, 1.54) is 11.1 Å². The van der Waals surface area contributed by atoms with Gasteiger partial charge in [0.25, 0.3) is 0 Å². The Morgan fingerprint density at radius 3 is 2.35 bits per heavy atom. The molecule has 1 atom stereocenters. The summed E-state index contributed by atoms with van der Waals surface area (Å²) in [4.78, 5) is 0. The van der Waals surface area contributed by atoms with E-state index in [4.69, 9.17) is 10.6 Å². The maximum atomic E-state index is 5.84. The van der Waals surface area contributed by atoms with Crippen LogP contribution >= 0.6 is 0 Å². The van der Waals surface area contributed by atoms with E-state index in [0.29, 0.717) is 5.92 Å². The molecule has 0 aromatic heterocycles. The van der Waals surface area contributed by atoms with Gasteiger partial charge < -0.3 is 4.74 Å². The van der Waals surface area contributed by atoms with E-state index >= 15 is 0 Å². The number of ether oxygens (including phenoxy) is 1.